The number of aliphatic hydroxyl groups excluding tert-OH is 2. The van der Waals surface area contributed by atoms with Crippen LogP contribution in [0.4, 0.5) is 0 Å². The van der Waals surface area contributed by atoms with Crippen LogP contribution in [-0.2, 0) is 4.74 Å². The van der Waals surface area contributed by atoms with Gasteiger partial charge < -0.3 is 44.5 Å². The maximum absolute atomic E-state index is 12.5. The number of fused-ring (bicyclic) bond motifs is 1. The second-order valence-corrected chi connectivity index (χ2v) is 7.24. The first-order chi connectivity index (χ1) is 14.8. The molecule has 4 rings (SSSR count). The van der Waals surface area contributed by atoms with Crippen LogP contribution in [0.5, 0.6) is 28.7 Å². The first-order valence-electron chi connectivity index (χ1n) is 9.43. The maximum atomic E-state index is 12.5. The van der Waals surface area contributed by atoms with E-state index < -0.39 is 35.4 Å². The molecule has 1 aliphatic rings. The molecule has 1 aromatic heterocycles. The molecule has 3 unspecified atom stereocenters. The zero-order valence-electron chi connectivity index (χ0n) is 16.1. The van der Waals surface area contributed by atoms with E-state index in [1.54, 1.807) is 0 Å². The summed E-state index contributed by atoms with van der Waals surface area (Å²) >= 11 is 0. The van der Waals surface area contributed by atoms with Crippen LogP contribution in [0.15, 0.2) is 39.5 Å². The Morgan fingerprint density at radius 2 is 1.81 bits per heavy atom. The molecule has 1 fully saturated rings. The van der Waals surface area contributed by atoms with Gasteiger partial charge in [-0.25, -0.2) is 0 Å². The third kappa shape index (κ3) is 3.96. The molecule has 0 amide bonds. The van der Waals surface area contributed by atoms with Gasteiger partial charge in [0.25, 0.3) is 0 Å². The molecule has 1 saturated heterocycles. The summed E-state index contributed by atoms with van der Waals surface area (Å²) in [5.41, 5.74) is -0.940. The Balaban J connectivity index is 1.67. The van der Waals surface area contributed by atoms with Gasteiger partial charge in [0.1, 0.15) is 22.5 Å². The number of hydrogen-bond acceptors (Lipinski definition) is 10. The molecule has 10 nitrogen and oxygen atoms in total. The van der Waals surface area contributed by atoms with Crippen molar-refractivity contribution in [1.82, 2.24) is 0 Å². The topological polar surface area (TPSA) is 170 Å². The number of phenolic OH excluding ortho intramolecular Hbond substituents is 3. The number of rotatable bonds is 4. The van der Waals surface area contributed by atoms with Crippen molar-refractivity contribution in [1.29, 1.82) is 0 Å². The fraction of sp³-hybridized carbons (Fsp3) is 0.286. The second-order valence-electron chi connectivity index (χ2n) is 7.24. The van der Waals surface area contributed by atoms with Gasteiger partial charge in [-0.1, -0.05) is 0 Å². The van der Waals surface area contributed by atoms with Gasteiger partial charge in [0, 0.05) is 30.5 Å². The molecule has 10 heteroatoms. The second kappa shape index (κ2) is 7.99. The summed E-state index contributed by atoms with van der Waals surface area (Å²) in [4.78, 5) is 12.5. The van der Waals surface area contributed by atoms with Crippen molar-refractivity contribution in [2.24, 2.45) is 0 Å². The SMILES string of the molecule is O=c1c(O)c(-c2ccc(OC3CC(O)CC(CO)O3)c(O)c2)oc2cc(O)cc(O)c12. The van der Waals surface area contributed by atoms with E-state index in [-0.39, 0.29) is 59.0 Å². The van der Waals surface area contributed by atoms with E-state index >= 15 is 0 Å². The van der Waals surface area contributed by atoms with Gasteiger partial charge in [-0.2, -0.15) is 0 Å². The summed E-state index contributed by atoms with van der Waals surface area (Å²) in [7, 11) is 0. The lowest BCUT2D eigenvalue weighted by atomic mass is 10.1. The summed E-state index contributed by atoms with van der Waals surface area (Å²) in [5.74, 6) is -2.31. The predicted molar refractivity (Wildman–Crippen MR) is 106 cm³/mol. The highest BCUT2D eigenvalue weighted by molar-refractivity contribution is 5.88. The van der Waals surface area contributed by atoms with Crippen LogP contribution >= 0.6 is 0 Å². The summed E-state index contributed by atoms with van der Waals surface area (Å²) in [6, 6.07) is 6.00. The number of aliphatic hydroxyl groups is 2. The summed E-state index contributed by atoms with van der Waals surface area (Å²) in [5, 5.41) is 59.0. The Morgan fingerprint density at radius 3 is 2.52 bits per heavy atom. The lowest BCUT2D eigenvalue weighted by Crippen LogP contribution is -2.40. The first-order valence-corrected chi connectivity index (χ1v) is 9.43. The van der Waals surface area contributed by atoms with Crippen LogP contribution in [0.2, 0.25) is 0 Å². The number of ether oxygens (including phenoxy) is 2. The van der Waals surface area contributed by atoms with Crippen molar-refractivity contribution in [2.75, 3.05) is 6.61 Å². The van der Waals surface area contributed by atoms with E-state index in [1.165, 1.54) is 18.2 Å². The van der Waals surface area contributed by atoms with Gasteiger partial charge >= 0.3 is 0 Å². The first kappa shape index (κ1) is 20.8. The maximum Gasteiger partial charge on any atom is 0.238 e. The molecule has 3 aromatic rings. The highest BCUT2D eigenvalue weighted by Crippen LogP contribution is 2.38. The monoisotopic (exact) mass is 432 g/mol. The molecule has 0 bridgehead atoms. The smallest absolute Gasteiger partial charge is 0.238 e. The standard InChI is InChI=1S/C21H20O10/c22-8-12-4-10(23)7-17(29-12)30-15-2-1-9(3-13(15)25)21-20(28)19(27)18-14(26)5-11(24)6-16(18)31-21/h1-3,5-6,10,12,17,22-26,28H,4,7-8H2. The molecular weight excluding hydrogens is 412 g/mol. The van der Waals surface area contributed by atoms with E-state index in [9.17, 15) is 35.4 Å². The third-order valence-electron chi connectivity index (χ3n) is 4.96. The molecule has 1 aliphatic heterocycles. The van der Waals surface area contributed by atoms with E-state index in [4.69, 9.17) is 13.9 Å². The largest absolute Gasteiger partial charge is 0.508 e. The van der Waals surface area contributed by atoms with Crippen molar-refractivity contribution < 1.29 is 44.5 Å². The van der Waals surface area contributed by atoms with Gasteiger partial charge in [-0.05, 0) is 18.2 Å². The van der Waals surface area contributed by atoms with Crippen molar-refractivity contribution >= 4 is 11.0 Å². The quantitative estimate of drug-likeness (QED) is 0.355. The molecule has 6 N–H and O–H groups in total. The highest BCUT2D eigenvalue weighted by Gasteiger charge is 2.30. The molecule has 0 spiro atoms. The fourth-order valence-electron chi connectivity index (χ4n) is 3.51. The Hall–Kier alpha value is -3.47. The number of phenols is 3. The van der Waals surface area contributed by atoms with E-state index in [0.29, 0.717) is 0 Å². The molecule has 3 atom stereocenters. The summed E-state index contributed by atoms with van der Waals surface area (Å²) in [6.45, 7) is -0.285. The van der Waals surface area contributed by atoms with E-state index in [1.807, 2.05) is 0 Å². The van der Waals surface area contributed by atoms with Gasteiger partial charge in [0.2, 0.25) is 17.5 Å². The Bertz CT molecular complexity index is 1180. The molecule has 164 valence electrons. The minimum absolute atomic E-state index is 0.0115. The van der Waals surface area contributed by atoms with E-state index in [0.717, 1.165) is 12.1 Å². The number of benzene rings is 2. The third-order valence-corrected chi connectivity index (χ3v) is 4.96. The molecule has 0 radical (unpaired) electrons. The average molecular weight is 432 g/mol. The zero-order chi connectivity index (χ0) is 22.3. The van der Waals surface area contributed by atoms with Crippen LogP contribution in [0.25, 0.3) is 22.3 Å². The van der Waals surface area contributed by atoms with Crippen LogP contribution in [0.1, 0.15) is 12.8 Å². The Labute approximate surface area is 174 Å². The normalized spacial score (nSPS) is 21.3. The summed E-state index contributed by atoms with van der Waals surface area (Å²) < 4.78 is 16.6. The molecule has 2 aromatic carbocycles. The number of aromatic hydroxyl groups is 4. The molecule has 2 heterocycles. The fourth-order valence-corrected chi connectivity index (χ4v) is 3.51. The van der Waals surface area contributed by atoms with Gasteiger partial charge in [0.15, 0.2) is 17.3 Å². The molecule has 0 saturated carbocycles. The van der Waals surface area contributed by atoms with Crippen LogP contribution in [-0.4, -0.2) is 55.7 Å². The molecule has 31 heavy (non-hydrogen) atoms. The summed E-state index contributed by atoms with van der Waals surface area (Å²) in [6.07, 6.45) is -1.80. The van der Waals surface area contributed by atoms with Gasteiger partial charge in [0.05, 0.1) is 18.8 Å². The average Bonchev–Trinajstić information content (AvgIpc) is 2.71. The highest BCUT2D eigenvalue weighted by atomic mass is 16.7. The zero-order valence-corrected chi connectivity index (χ0v) is 16.1. The minimum atomic E-state index is -0.909. The Kier molecular flexibility index (Phi) is 5.36. The van der Waals surface area contributed by atoms with Crippen LogP contribution in [0.3, 0.4) is 0 Å². The predicted octanol–water partition coefficient (Wildman–Crippen LogP) is 1.52. The lowest BCUT2D eigenvalue weighted by molar-refractivity contribution is -0.185. The van der Waals surface area contributed by atoms with Crippen molar-refractivity contribution in [3.8, 4) is 40.1 Å². The van der Waals surface area contributed by atoms with E-state index in [2.05, 4.69) is 0 Å². The molecular formula is C21H20O10. The number of hydrogen-bond donors (Lipinski definition) is 6. The van der Waals surface area contributed by atoms with Gasteiger partial charge in [-0.3, -0.25) is 4.79 Å². The van der Waals surface area contributed by atoms with Crippen molar-refractivity contribution in [2.45, 2.75) is 31.3 Å². The van der Waals surface area contributed by atoms with Crippen molar-refractivity contribution in [3.63, 3.8) is 0 Å². The lowest BCUT2D eigenvalue weighted by Gasteiger charge is -2.32. The van der Waals surface area contributed by atoms with Crippen LogP contribution < -0.4 is 10.2 Å². The molecule has 0 aliphatic carbocycles. The Morgan fingerprint density at radius 1 is 1.03 bits per heavy atom. The minimum Gasteiger partial charge on any atom is -0.508 e. The van der Waals surface area contributed by atoms with Gasteiger partial charge in [-0.15, -0.1) is 0 Å². The van der Waals surface area contributed by atoms with Crippen LogP contribution in [0, 0.1) is 0 Å². The van der Waals surface area contributed by atoms with Crippen molar-refractivity contribution in [3.05, 3.63) is 40.6 Å².